The molecule has 0 aliphatic heterocycles. The first-order chi connectivity index (χ1) is 8.24. The fourth-order valence-electron chi connectivity index (χ4n) is 2.54. The van der Waals surface area contributed by atoms with Gasteiger partial charge in [0.2, 0.25) is 0 Å². The molecule has 0 spiro atoms. The van der Waals surface area contributed by atoms with Crippen LogP contribution in [-0.2, 0) is 12.8 Å². The van der Waals surface area contributed by atoms with Gasteiger partial charge in [-0.3, -0.25) is 5.10 Å². The first-order valence-corrected chi connectivity index (χ1v) is 6.85. The topological polar surface area (TPSA) is 28.7 Å². The molecule has 2 nitrogen and oxygen atoms in total. The quantitative estimate of drug-likeness (QED) is 0.846. The molecule has 0 fully saturated rings. The Bertz CT molecular complexity index is 545. The maximum Gasteiger partial charge on any atom is 0.0955 e. The van der Waals surface area contributed by atoms with Crippen LogP contribution in [0.2, 0.25) is 0 Å². The lowest BCUT2D eigenvalue weighted by Crippen LogP contribution is -2.10. The lowest BCUT2D eigenvalue weighted by atomic mass is 9.87. The van der Waals surface area contributed by atoms with Crippen LogP contribution in [0, 0.1) is 5.92 Å². The van der Waals surface area contributed by atoms with Gasteiger partial charge in [0.15, 0.2) is 0 Å². The van der Waals surface area contributed by atoms with E-state index in [1.54, 1.807) is 0 Å². The minimum Gasteiger partial charge on any atom is -0.282 e. The Morgan fingerprint density at radius 2 is 2.29 bits per heavy atom. The fraction of sp³-hybridized carbons (Fsp3) is 0.357. The van der Waals surface area contributed by atoms with Gasteiger partial charge in [-0.15, -0.1) is 0 Å². The smallest absolute Gasteiger partial charge is 0.0955 e. The Labute approximate surface area is 110 Å². The molecule has 0 bridgehead atoms. The summed E-state index contributed by atoms with van der Waals surface area (Å²) in [7, 11) is 0. The Morgan fingerprint density at radius 1 is 1.41 bits per heavy atom. The van der Waals surface area contributed by atoms with Gasteiger partial charge in [-0.25, -0.2) is 0 Å². The maximum atomic E-state index is 4.50. The average molecular weight is 291 g/mol. The van der Waals surface area contributed by atoms with E-state index >= 15 is 0 Å². The minimum absolute atomic E-state index is 0.769. The van der Waals surface area contributed by atoms with Gasteiger partial charge >= 0.3 is 0 Å². The second-order valence-corrected chi connectivity index (χ2v) is 5.80. The number of aromatic nitrogens is 2. The molecule has 1 aromatic heterocycles. The second kappa shape index (κ2) is 4.30. The van der Waals surface area contributed by atoms with E-state index in [2.05, 4.69) is 51.3 Å². The summed E-state index contributed by atoms with van der Waals surface area (Å²) < 4.78 is 1.11. The molecule has 2 aromatic rings. The summed E-state index contributed by atoms with van der Waals surface area (Å²) in [4.78, 5) is 0. The summed E-state index contributed by atoms with van der Waals surface area (Å²) in [5.74, 6) is 0.769. The predicted molar refractivity (Wildman–Crippen MR) is 72.9 cm³/mol. The van der Waals surface area contributed by atoms with Gasteiger partial charge in [-0.2, -0.15) is 5.10 Å². The van der Waals surface area contributed by atoms with Gasteiger partial charge < -0.3 is 0 Å². The Morgan fingerprint density at radius 3 is 3.12 bits per heavy atom. The number of nitrogens with one attached hydrogen (secondary N) is 1. The van der Waals surface area contributed by atoms with Crippen molar-refractivity contribution in [3.63, 3.8) is 0 Å². The summed E-state index contributed by atoms with van der Waals surface area (Å²) in [5.41, 5.74) is 5.08. The van der Waals surface area contributed by atoms with Gasteiger partial charge in [-0.05, 0) is 37.3 Å². The van der Waals surface area contributed by atoms with Crippen LogP contribution < -0.4 is 0 Å². The van der Waals surface area contributed by atoms with Crippen LogP contribution in [0.4, 0.5) is 0 Å². The van der Waals surface area contributed by atoms with Crippen molar-refractivity contribution in [3.8, 4) is 11.3 Å². The summed E-state index contributed by atoms with van der Waals surface area (Å²) in [6.45, 7) is 2.32. The highest BCUT2D eigenvalue weighted by Crippen LogP contribution is 2.32. The van der Waals surface area contributed by atoms with Crippen LogP contribution in [0.1, 0.15) is 24.6 Å². The number of hydrogen-bond acceptors (Lipinski definition) is 1. The van der Waals surface area contributed by atoms with Gasteiger partial charge in [-0.1, -0.05) is 35.0 Å². The SMILES string of the molecule is CC1CCc2[nH]nc(-c3cccc(Br)c3)c2C1. The molecule has 17 heavy (non-hydrogen) atoms. The van der Waals surface area contributed by atoms with Crippen LogP contribution in [0.15, 0.2) is 28.7 Å². The van der Waals surface area contributed by atoms with Crippen molar-refractivity contribution in [1.29, 1.82) is 0 Å². The van der Waals surface area contributed by atoms with E-state index in [4.69, 9.17) is 0 Å². The second-order valence-electron chi connectivity index (χ2n) is 4.89. The molecule has 1 atom stereocenters. The third kappa shape index (κ3) is 2.04. The summed E-state index contributed by atoms with van der Waals surface area (Å²) >= 11 is 3.52. The molecule has 0 saturated carbocycles. The Hall–Kier alpha value is -1.09. The largest absolute Gasteiger partial charge is 0.282 e. The maximum absolute atomic E-state index is 4.50. The number of H-pyrrole nitrogens is 1. The molecular weight excluding hydrogens is 276 g/mol. The molecule has 88 valence electrons. The van der Waals surface area contributed by atoms with Crippen LogP contribution in [0.5, 0.6) is 0 Å². The van der Waals surface area contributed by atoms with Gasteiger partial charge in [0.25, 0.3) is 0 Å². The summed E-state index contributed by atoms with van der Waals surface area (Å²) in [5, 5.41) is 7.70. The van der Waals surface area contributed by atoms with E-state index in [1.165, 1.54) is 23.2 Å². The third-order valence-electron chi connectivity index (χ3n) is 3.49. The lowest BCUT2D eigenvalue weighted by Gasteiger charge is -2.18. The number of aryl methyl sites for hydroxylation is 1. The highest BCUT2D eigenvalue weighted by Gasteiger charge is 2.21. The normalized spacial score (nSPS) is 19.1. The molecule has 0 amide bonds. The molecule has 3 rings (SSSR count). The number of hydrogen-bond donors (Lipinski definition) is 1. The zero-order valence-electron chi connectivity index (χ0n) is 9.83. The van der Waals surface area contributed by atoms with Crippen molar-refractivity contribution < 1.29 is 0 Å². The van der Waals surface area contributed by atoms with Crippen LogP contribution in [-0.4, -0.2) is 10.2 Å². The van der Waals surface area contributed by atoms with Crippen molar-refractivity contribution in [2.75, 3.05) is 0 Å². The number of benzene rings is 1. The first kappa shape index (κ1) is 11.0. The third-order valence-corrected chi connectivity index (χ3v) is 3.98. The highest BCUT2D eigenvalue weighted by molar-refractivity contribution is 9.10. The Balaban J connectivity index is 2.07. The van der Waals surface area contributed by atoms with Crippen LogP contribution >= 0.6 is 15.9 Å². The van der Waals surface area contributed by atoms with Crippen molar-refractivity contribution in [3.05, 3.63) is 40.0 Å². The van der Waals surface area contributed by atoms with E-state index in [1.807, 2.05) is 6.07 Å². The van der Waals surface area contributed by atoms with E-state index in [-0.39, 0.29) is 0 Å². The van der Waals surface area contributed by atoms with Crippen molar-refractivity contribution in [2.24, 2.45) is 5.92 Å². The van der Waals surface area contributed by atoms with Gasteiger partial charge in [0, 0.05) is 21.3 Å². The first-order valence-electron chi connectivity index (χ1n) is 6.06. The molecule has 3 heteroatoms. The molecule has 1 aliphatic rings. The molecule has 1 aromatic carbocycles. The lowest BCUT2D eigenvalue weighted by molar-refractivity contribution is 0.498. The van der Waals surface area contributed by atoms with Crippen molar-refractivity contribution >= 4 is 15.9 Å². The van der Waals surface area contributed by atoms with Gasteiger partial charge in [0.1, 0.15) is 0 Å². The van der Waals surface area contributed by atoms with E-state index in [9.17, 15) is 0 Å². The Kier molecular flexibility index (Phi) is 2.79. The predicted octanol–water partition coefficient (Wildman–Crippen LogP) is 3.96. The number of rotatable bonds is 1. The zero-order chi connectivity index (χ0) is 11.8. The fourth-order valence-corrected chi connectivity index (χ4v) is 2.94. The molecule has 1 aliphatic carbocycles. The van der Waals surface area contributed by atoms with Crippen LogP contribution in [0.3, 0.4) is 0 Å². The summed E-state index contributed by atoms with van der Waals surface area (Å²) in [6.07, 6.45) is 3.55. The highest BCUT2D eigenvalue weighted by atomic mass is 79.9. The number of aromatic amines is 1. The monoisotopic (exact) mass is 290 g/mol. The molecule has 0 saturated heterocycles. The molecule has 1 heterocycles. The van der Waals surface area contributed by atoms with E-state index in [0.29, 0.717) is 0 Å². The average Bonchev–Trinajstić information content (AvgIpc) is 2.71. The molecular formula is C14H15BrN2. The van der Waals surface area contributed by atoms with E-state index in [0.717, 1.165) is 28.9 Å². The van der Waals surface area contributed by atoms with Crippen molar-refractivity contribution in [1.82, 2.24) is 10.2 Å². The zero-order valence-corrected chi connectivity index (χ0v) is 11.4. The van der Waals surface area contributed by atoms with Crippen molar-refractivity contribution in [2.45, 2.75) is 26.2 Å². The molecule has 1 N–H and O–H groups in total. The van der Waals surface area contributed by atoms with E-state index < -0.39 is 0 Å². The molecule has 1 unspecified atom stereocenters. The number of halogens is 1. The molecule has 0 radical (unpaired) electrons. The minimum atomic E-state index is 0.769. The van der Waals surface area contributed by atoms with Gasteiger partial charge in [0.05, 0.1) is 5.69 Å². The number of nitrogens with zero attached hydrogens (tertiary/aromatic N) is 1. The summed E-state index contributed by atoms with van der Waals surface area (Å²) in [6, 6.07) is 8.37. The van der Waals surface area contributed by atoms with Crippen LogP contribution in [0.25, 0.3) is 11.3 Å². The number of fused-ring (bicyclic) bond motifs is 1. The standard InChI is InChI=1S/C14H15BrN2/c1-9-5-6-13-12(7-9)14(17-16-13)10-3-2-4-11(15)8-10/h2-4,8-9H,5-7H2,1H3,(H,16,17).